The molecule has 0 bridgehead atoms. The van der Waals surface area contributed by atoms with Gasteiger partial charge in [0, 0.05) is 32.6 Å². The predicted octanol–water partition coefficient (Wildman–Crippen LogP) is 1.85. The third kappa shape index (κ3) is 4.37. The molecule has 0 aliphatic carbocycles. The first-order valence-corrected chi connectivity index (χ1v) is 8.89. The molecule has 3 rings (SSSR count). The van der Waals surface area contributed by atoms with Crippen LogP contribution >= 0.6 is 0 Å². The molecular formula is C19H25FN2O3. The van der Waals surface area contributed by atoms with E-state index < -0.39 is 0 Å². The third-order valence-electron chi connectivity index (χ3n) is 4.88. The highest BCUT2D eigenvalue weighted by molar-refractivity contribution is 5.89. The summed E-state index contributed by atoms with van der Waals surface area (Å²) in [5.74, 6) is -0.451. The highest BCUT2D eigenvalue weighted by Gasteiger charge is 2.38. The normalized spacial score (nSPS) is 27.0. The molecular weight excluding hydrogens is 323 g/mol. The third-order valence-corrected chi connectivity index (χ3v) is 4.88. The van der Waals surface area contributed by atoms with Gasteiger partial charge in [-0.15, -0.1) is 0 Å². The number of ether oxygens (including phenoxy) is 1. The summed E-state index contributed by atoms with van der Waals surface area (Å²) < 4.78 is 18.6. The molecule has 2 saturated heterocycles. The van der Waals surface area contributed by atoms with E-state index >= 15 is 0 Å². The van der Waals surface area contributed by atoms with Crippen LogP contribution in [0.2, 0.25) is 0 Å². The largest absolute Gasteiger partial charge is 0.372 e. The topological polar surface area (TPSA) is 49.9 Å². The summed E-state index contributed by atoms with van der Waals surface area (Å²) in [5.41, 5.74) is 0.986. The number of halogens is 1. The van der Waals surface area contributed by atoms with E-state index in [1.54, 1.807) is 17.0 Å². The average Bonchev–Trinajstić information content (AvgIpc) is 2.93. The predicted molar refractivity (Wildman–Crippen MR) is 91.4 cm³/mol. The van der Waals surface area contributed by atoms with Gasteiger partial charge in [-0.1, -0.05) is 12.1 Å². The van der Waals surface area contributed by atoms with Crippen LogP contribution < -0.4 is 0 Å². The molecule has 0 unspecified atom stereocenters. The van der Waals surface area contributed by atoms with Gasteiger partial charge in [-0.2, -0.15) is 0 Å². The molecule has 2 fully saturated rings. The molecule has 1 aromatic rings. The summed E-state index contributed by atoms with van der Waals surface area (Å²) >= 11 is 0. The van der Waals surface area contributed by atoms with Gasteiger partial charge < -0.3 is 14.5 Å². The molecule has 0 saturated carbocycles. The van der Waals surface area contributed by atoms with E-state index in [1.165, 1.54) is 12.1 Å². The maximum Gasteiger partial charge on any atom is 0.228 e. The highest BCUT2D eigenvalue weighted by atomic mass is 19.1. The van der Waals surface area contributed by atoms with Gasteiger partial charge in [0.25, 0.3) is 0 Å². The molecule has 136 valence electrons. The molecule has 2 heterocycles. The van der Waals surface area contributed by atoms with Gasteiger partial charge >= 0.3 is 0 Å². The second-order valence-corrected chi connectivity index (χ2v) is 7.12. The zero-order valence-electron chi connectivity index (χ0n) is 14.8. The van der Waals surface area contributed by atoms with E-state index in [9.17, 15) is 14.0 Å². The van der Waals surface area contributed by atoms with Crippen molar-refractivity contribution in [2.24, 2.45) is 5.92 Å². The fraction of sp³-hybridized carbons (Fsp3) is 0.579. The van der Waals surface area contributed by atoms with E-state index in [0.29, 0.717) is 32.6 Å². The van der Waals surface area contributed by atoms with E-state index in [0.717, 1.165) is 5.56 Å². The van der Waals surface area contributed by atoms with Crippen molar-refractivity contribution in [3.05, 3.63) is 35.6 Å². The van der Waals surface area contributed by atoms with Gasteiger partial charge in [0.05, 0.1) is 18.1 Å². The molecule has 0 aromatic heterocycles. The standard InChI is InChI=1S/C19H25FN2O3/c1-13-10-22(11-14(2)25-13)19(24)16-9-18(23)21(12-16)8-7-15-3-5-17(20)6-4-15/h3-6,13-14,16H,7-12H2,1-2H3/t13-,14-,16+/m1/s1. The molecule has 0 spiro atoms. The number of nitrogens with zero attached hydrogens (tertiary/aromatic N) is 2. The lowest BCUT2D eigenvalue weighted by atomic mass is 10.1. The highest BCUT2D eigenvalue weighted by Crippen LogP contribution is 2.23. The minimum Gasteiger partial charge on any atom is -0.372 e. The summed E-state index contributed by atoms with van der Waals surface area (Å²) in [6.45, 7) is 6.13. The molecule has 2 aliphatic rings. The quantitative estimate of drug-likeness (QED) is 0.834. The van der Waals surface area contributed by atoms with Gasteiger partial charge in [0.1, 0.15) is 5.82 Å². The number of benzene rings is 1. The van der Waals surface area contributed by atoms with Crippen molar-refractivity contribution >= 4 is 11.8 Å². The van der Waals surface area contributed by atoms with Crippen LogP contribution in [0.1, 0.15) is 25.8 Å². The number of likely N-dealkylation sites (tertiary alicyclic amines) is 1. The monoisotopic (exact) mass is 348 g/mol. The summed E-state index contributed by atoms with van der Waals surface area (Å²) in [6, 6.07) is 6.31. The van der Waals surface area contributed by atoms with Crippen molar-refractivity contribution in [3.63, 3.8) is 0 Å². The maximum atomic E-state index is 12.9. The lowest BCUT2D eigenvalue weighted by molar-refractivity contribution is -0.147. The number of hydrogen-bond acceptors (Lipinski definition) is 3. The smallest absolute Gasteiger partial charge is 0.228 e. The van der Waals surface area contributed by atoms with Crippen molar-refractivity contribution < 1.29 is 18.7 Å². The molecule has 2 aliphatic heterocycles. The Hall–Kier alpha value is -1.95. The Kier molecular flexibility index (Phi) is 5.37. The lowest BCUT2D eigenvalue weighted by Crippen LogP contribution is -2.50. The Balaban J connectivity index is 1.54. The van der Waals surface area contributed by atoms with Crippen molar-refractivity contribution in [1.29, 1.82) is 0 Å². The zero-order chi connectivity index (χ0) is 18.0. The van der Waals surface area contributed by atoms with Crippen molar-refractivity contribution in [3.8, 4) is 0 Å². The van der Waals surface area contributed by atoms with Gasteiger partial charge in [-0.3, -0.25) is 9.59 Å². The Morgan fingerprint density at radius 3 is 2.44 bits per heavy atom. The van der Waals surface area contributed by atoms with Gasteiger partial charge in [-0.25, -0.2) is 4.39 Å². The Morgan fingerprint density at radius 2 is 1.80 bits per heavy atom. The second-order valence-electron chi connectivity index (χ2n) is 7.12. The molecule has 5 nitrogen and oxygen atoms in total. The Morgan fingerprint density at radius 1 is 1.16 bits per heavy atom. The SMILES string of the molecule is C[C@@H]1CN(C(=O)[C@H]2CC(=O)N(CCc3ccc(F)cc3)C2)C[C@@H](C)O1. The minimum atomic E-state index is -0.266. The molecule has 0 N–H and O–H groups in total. The van der Waals surface area contributed by atoms with Crippen LogP contribution in [-0.2, 0) is 20.7 Å². The zero-order valence-corrected chi connectivity index (χ0v) is 14.8. The van der Waals surface area contributed by atoms with Crippen LogP contribution in [0.4, 0.5) is 4.39 Å². The summed E-state index contributed by atoms with van der Waals surface area (Å²) in [7, 11) is 0. The molecule has 25 heavy (non-hydrogen) atoms. The first kappa shape index (κ1) is 17.9. The van der Waals surface area contributed by atoms with Crippen LogP contribution in [-0.4, -0.2) is 60.0 Å². The minimum absolute atomic E-state index is 0.0230. The molecule has 2 amide bonds. The average molecular weight is 348 g/mol. The number of morpholine rings is 1. The van der Waals surface area contributed by atoms with Crippen molar-refractivity contribution in [2.75, 3.05) is 26.2 Å². The van der Waals surface area contributed by atoms with Crippen LogP contribution in [0.3, 0.4) is 0 Å². The van der Waals surface area contributed by atoms with Crippen LogP contribution in [0.25, 0.3) is 0 Å². The Bertz CT molecular complexity index is 624. The van der Waals surface area contributed by atoms with Crippen LogP contribution in [0.15, 0.2) is 24.3 Å². The summed E-state index contributed by atoms with van der Waals surface area (Å²) in [4.78, 5) is 28.6. The first-order valence-electron chi connectivity index (χ1n) is 8.89. The first-order chi connectivity index (χ1) is 11.9. The number of carbonyl (C=O) groups is 2. The number of rotatable bonds is 4. The van der Waals surface area contributed by atoms with E-state index in [-0.39, 0.29) is 42.2 Å². The van der Waals surface area contributed by atoms with Crippen molar-refractivity contribution in [2.45, 2.75) is 38.9 Å². The van der Waals surface area contributed by atoms with Crippen molar-refractivity contribution in [1.82, 2.24) is 9.80 Å². The van der Waals surface area contributed by atoms with E-state index in [1.807, 2.05) is 18.7 Å². The van der Waals surface area contributed by atoms with Gasteiger partial charge in [0.15, 0.2) is 0 Å². The lowest BCUT2D eigenvalue weighted by Gasteiger charge is -2.36. The van der Waals surface area contributed by atoms with E-state index in [2.05, 4.69) is 0 Å². The Labute approximate surface area is 147 Å². The molecule has 1 aromatic carbocycles. The fourth-order valence-corrected chi connectivity index (χ4v) is 3.68. The van der Waals surface area contributed by atoms with Gasteiger partial charge in [0.2, 0.25) is 11.8 Å². The van der Waals surface area contributed by atoms with Crippen LogP contribution in [0.5, 0.6) is 0 Å². The molecule has 6 heteroatoms. The number of amides is 2. The number of carbonyl (C=O) groups excluding carboxylic acids is 2. The maximum absolute atomic E-state index is 12.9. The second kappa shape index (κ2) is 7.52. The summed E-state index contributed by atoms with van der Waals surface area (Å²) in [6.07, 6.45) is 1.000. The van der Waals surface area contributed by atoms with Gasteiger partial charge in [-0.05, 0) is 38.0 Å². The van der Waals surface area contributed by atoms with E-state index in [4.69, 9.17) is 4.74 Å². The summed E-state index contributed by atoms with van der Waals surface area (Å²) in [5, 5.41) is 0. The number of hydrogen-bond donors (Lipinski definition) is 0. The molecule has 0 radical (unpaired) electrons. The fourth-order valence-electron chi connectivity index (χ4n) is 3.68. The van der Waals surface area contributed by atoms with Crippen LogP contribution in [0, 0.1) is 11.7 Å². The molecule has 3 atom stereocenters.